The van der Waals surface area contributed by atoms with Gasteiger partial charge in [-0.05, 0) is 44.9 Å². The van der Waals surface area contributed by atoms with Gasteiger partial charge in [-0.3, -0.25) is 4.79 Å². The molecule has 1 heterocycles. The molecule has 9 unspecified atom stereocenters. The summed E-state index contributed by atoms with van der Waals surface area (Å²) in [6.45, 7) is 3.53. The summed E-state index contributed by atoms with van der Waals surface area (Å²) >= 11 is 0. The second kappa shape index (κ2) is 69.5. The van der Waals surface area contributed by atoms with Crippen molar-refractivity contribution < 1.29 is 50.0 Å². The maximum Gasteiger partial charge on any atom is 0.249 e. The number of amides is 1. The zero-order chi connectivity index (χ0) is 66.7. The molecule has 546 valence electrons. The Balaban J connectivity index is 2.12. The van der Waals surface area contributed by atoms with Crippen LogP contribution in [0.25, 0.3) is 0 Å². The molecule has 0 spiro atoms. The number of aliphatic hydroxyl groups excluding tert-OH is 7. The maximum atomic E-state index is 13.3. The molecule has 0 aromatic heterocycles. The number of ether oxygens (including phenoxy) is 2. The number of carbonyl (C=O) groups is 1. The summed E-state index contributed by atoms with van der Waals surface area (Å²) in [6, 6.07) is -1.17. The van der Waals surface area contributed by atoms with Gasteiger partial charge in [0.1, 0.15) is 36.6 Å². The van der Waals surface area contributed by atoms with Crippen LogP contribution in [-0.2, 0) is 14.3 Å². The lowest BCUT2D eigenvalue weighted by atomic mass is 9.98. The van der Waals surface area contributed by atoms with Gasteiger partial charge in [-0.15, -0.1) is 0 Å². The Hall–Kier alpha value is -1.41. The van der Waals surface area contributed by atoms with Gasteiger partial charge < -0.3 is 50.5 Å². The van der Waals surface area contributed by atoms with Crippen molar-refractivity contribution in [3.63, 3.8) is 0 Å². The van der Waals surface area contributed by atoms with Crippen molar-refractivity contribution in [2.24, 2.45) is 0 Å². The molecule has 0 aliphatic carbocycles. The maximum absolute atomic E-state index is 13.3. The first-order valence-electron chi connectivity index (χ1n) is 40.7. The van der Waals surface area contributed by atoms with Crippen LogP contribution in [0.3, 0.4) is 0 Å². The summed E-state index contributed by atoms with van der Waals surface area (Å²) in [5.74, 6) is -0.688. The summed E-state index contributed by atoms with van der Waals surface area (Å²) in [6.07, 6.45) is 78.7. The Labute approximate surface area is 569 Å². The first kappa shape index (κ1) is 88.6. The lowest BCUT2D eigenvalue weighted by Gasteiger charge is -2.40. The minimum Gasteiger partial charge on any atom is -0.394 e. The molecule has 1 aliphatic heterocycles. The molecule has 11 heteroatoms. The van der Waals surface area contributed by atoms with Crippen molar-refractivity contribution in [2.75, 3.05) is 13.2 Å². The van der Waals surface area contributed by atoms with Gasteiger partial charge >= 0.3 is 0 Å². The fourth-order valence-electron chi connectivity index (χ4n) is 13.5. The molecule has 9 atom stereocenters. The van der Waals surface area contributed by atoms with Crippen LogP contribution in [0.4, 0.5) is 0 Å². The number of carbonyl (C=O) groups excluding carboxylic acids is 1. The van der Waals surface area contributed by atoms with Gasteiger partial charge in [0.15, 0.2) is 6.29 Å². The van der Waals surface area contributed by atoms with E-state index in [2.05, 4.69) is 43.5 Å². The van der Waals surface area contributed by atoms with E-state index in [-0.39, 0.29) is 6.42 Å². The van der Waals surface area contributed by atoms with Crippen LogP contribution in [0.15, 0.2) is 24.3 Å². The second-order valence-corrected chi connectivity index (χ2v) is 28.9. The lowest BCUT2D eigenvalue weighted by molar-refractivity contribution is -0.303. The average molecular weight is 1310 g/mol. The predicted octanol–water partition coefficient (Wildman–Crippen LogP) is 21.1. The molecule has 0 bridgehead atoms. The van der Waals surface area contributed by atoms with E-state index in [4.69, 9.17) is 9.47 Å². The molecule has 0 aromatic carbocycles. The smallest absolute Gasteiger partial charge is 0.249 e. The molecule has 1 saturated heterocycles. The fourth-order valence-corrected chi connectivity index (χ4v) is 13.5. The molecule has 0 radical (unpaired) electrons. The van der Waals surface area contributed by atoms with E-state index in [1.807, 2.05) is 0 Å². The minimum atomic E-state index is -1.66. The van der Waals surface area contributed by atoms with Crippen molar-refractivity contribution in [1.29, 1.82) is 0 Å². The number of rotatable bonds is 73. The molecule has 8 N–H and O–H groups in total. The third kappa shape index (κ3) is 55.6. The van der Waals surface area contributed by atoms with Gasteiger partial charge in [-0.2, -0.15) is 0 Å². The number of aliphatic hydroxyl groups is 7. The summed E-state index contributed by atoms with van der Waals surface area (Å²) in [5.41, 5.74) is 0. The van der Waals surface area contributed by atoms with Crippen LogP contribution >= 0.6 is 0 Å². The molecule has 1 fully saturated rings. The van der Waals surface area contributed by atoms with Crippen LogP contribution in [0.1, 0.15) is 418 Å². The van der Waals surface area contributed by atoms with Gasteiger partial charge in [0.25, 0.3) is 0 Å². The van der Waals surface area contributed by atoms with E-state index in [1.165, 1.54) is 334 Å². The number of allylic oxidation sites excluding steroid dienone is 4. The molecule has 11 nitrogen and oxygen atoms in total. The van der Waals surface area contributed by atoms with Gasteiger partial charge in [0.05, 0.1) is 25.4 Å². The van der Waals surface area contributed by atoms with Crippen molar-refractivity contribution in [2.45, 2.75) is 473 Å². The van der Waals surface area contributed by atoms with E-state index in [1.54, 1.807) is 0 Å². The highest BCUT2D eigenvalue weighted by molar-refractivity contribution is 5.80. The summed E-state index contributed by atoms with van der Waals surface area (Å²) < 4.78 is 11.2. The Morgan fingerprint density at radius 1 is 0.380 bits per heavy atom. The Morgan fingerprint density at radius 3 is 0.967 bits per heavy atom. The van der Waals surface area contributed by atoms with E-state index in [0.717, 1.165) is 44.9 Å². The van der Waals surface area contributed by atoms with E-state index in [9.17, 15) is 40.5 Å². The van der Waals surface area contributed by atoms with Crippen LogP contribution in [-0.4, -0.2) is 110 Å². The van der Waals surface area contributed by atoms with Crippen LogP contribution in [0.2, 0.25) is 0 Å². The molecule has 92 heavy (non-hydrogen) atoms. The normalized spacial score (nSPS) is 18.4. The SMILES string of the molecule is CCCCCCCCCCCCC/C=C\C/C=C\CCCCCCCCCCCCCCCCCCC(O)C(=O)NC(COC1OC(CO)C(O)C(O)C1O)C(O)C(O)CCCCCCCCCCCCCCCCCCCCCCCCCCCCCCCCC. The Morgan fingerprint density at radius 2 is 0.663 bits per heavy atom. The monoisotopic (exact) mass is 1300 g/mol. The van der Waals surface area contributed by atoms with Gasteiger partial charge in [-0.25, -0.2) is 0 Å². The highest BCUT2D eigenvalue weighted by atomic mass is 16.7. The van der Waals surface area contributed by atoms with Crippen molar-refractivity contribution in [3.8, 4) is 0 Å². The molecule has 0 saturated carbocycles. The first-order chi connectivity index (χ1) is 45.2. The zero-order valence-electron chi connectivity index (χ0n) is 60.8. The molecule has 0 aromatic rings. The minimum absolute atomic E-state index is 0.263. The highest BCUT2D eigenvalue weighted by Crippen LogP contribution is 2.25. The summed E-state index contributed by atoms with van der Waals surface area (Å²) in [5, 5.41) is 76.8. The van der Waals surface area contributed by atoms with Crippen molar-refractivity contribution in [3.05, 3.63) is 24.3 Å². The van der Waals surface area contributed by atoms with Gasteiger partial charge in [-0.1, -0.05) is 398 Å². The summed E-state index contributed by atoms with van der Waals surface area (Å²) in [7, 11) is 0. The molecule has 1 amide bonds. The van der Waals surface area contributed by atoms with Gasteiger partial charge in [0, 0.05) is 0 Å². The third-order valence-corrected chi connectivity index (χ3v) is 20.0. The Kier molecular flexibility index (Phi) is 66.9. The predicted molar refractivity (Wildman–Crippen MR) is 390 cm³/mol. The summed E-state index contributed by atoms with van der Waals surface area (Å²) in [4.78, 5) is 13.3. The molecule has 1 aliphatic rings. The van der Waals surface area contributed by atoms with E-state index in [0.29, 0.717) is 19.3 Å². The molecular formula is C81H157NO10. The zero-order valence-corrected chi connectivity index (χ0v) is 60.8. The number of unbranched alkanes of at least 4 members (excludes halogenated alkanes) is 57. The number of hydrogen-bond acceptors (Lipinski definition) is 10. The number of nitrogens with one attached hydrogen (secondary N) is 1. The Bertz CT molecular complexity index is 1550. The number of hydrogen-bond donors (Lipinski definition) is 8. The van der Waals surface area contributed by atoms with Crippen LogP contribution in [0.5, 0.6) is 0 Å². The van der Waals surface area contributed by atoms with Crippen LogP contribution in [0, 0.1) is 0 Å². The first-order valence-corrected chi connectivity index (χ1v) is 40.7. The molecule has 1 rings (SSSR count). The quantitative estimate of drug-likeness (QED) is 0.0215. The topological polar surface area (TPSA) is 189 Å². The fraction of sp³-hybridized carbons (Fsp3) is 0.938. The van der Waals surface area contributed by atoms with E-state index >= 15 is 0 Å². The van der Waals surface area contributed by atoms with Crippen LogP contribution < -0.4 is 5.32 Å². The standard InChI is InChI=1S/C81H157NO10/c1-3-5-7-9-11-13-15-17-19-21-23-25-27-29-31-33-35-36-37-39-41-43-45-47-49-51-53-55-57-59-61-63-65-67-69-74(85)80(90)82-72(71-91-81-79(89)78(88)77(87)75(70-83)92-81)76(86)73(84)68-66-64-62-60-58-56-54-52-50-48-46-44-42-40-38-34-32-30-28-26-24-22-20-18-16-14-12-10-8-6-4-2/h27,29,33,35,72-79,81,83-89H,3-26,28,30-32,34,36-71H2,1-2H3,(H,82,90)/b29-27-,35-33-. The average Bonchev–Trinajstić information content (AvgIpc) is 0.913. The lowest BCUT2D eigenvalue weighted by Crippen LogP contribution is -2.60. The van der Waals surface area contributed by atoms with Crippen molar-refractivity contribution >= 4 is 5.91 Å². The largest absolute Gasteiger partial charge is 0.394 e. The molecular weight excluding hydrogens is 1150 g/mol. The van der Waals surface area contributed by atoms with Crippen molar-refractivity contribution in [1.82, 2.24) is 5.32 Å². The van der Waals surface area contributed by atoms with Gasteiger partial charge in [0.2, 0.25) is 5.91 Å². The highest BCUT2D eigenvalue weighted by Gasteiger charge is 2.44. The van der Waals surface area contributed by atoms with E-state index < -0.39 is 74.2 Å². The third-order valence-electron chi connectivity index (χ3n) is 20.0. The second-order valence-electron chi connectivity index (χ2n) is 28.9.